The normalized spacial score (nSPS) is 10.0. The summed E-state index contributed by atoms with van der Waals surface area (Å²) in [5.41, 5.74) is 1.32. The molecular formula is C11H17N3O2. The number of hydrogen-bond donors (Lipinski definition) is 2. The van der Waals surface area contributed by atoms with E-state index in [9.17, 15) is 9.59 Å². The molecule has 1 amide bonds. The standard InChI is InChI=1S/C11H17N3O2/c1-7-5-10(16)9(6-12-8(2)15)11(13-7)14(3)4/h5H,6H2,1-4H3,(H,12,15)(H,13,16). The number of nitrogens with zero attached hydrogens (tertiary/aromatic N) is 1. The minimum atomic E-state index is -0.148. The first-order chi connectivity index (χ1) is 7.41. The molecule has 0 bridgehead atoms. The van der Waals surface area contributed by atoms with Gasteiger partial charge in [-0.2, -0.15) is 0 Å². The van der Waals surface area contributed by atoms with Gasteiger partial charge in [-0.1, -0.05) is 0 Å². The molecule has 1 heterocycles. The van der Waals surface area contributed by atoms with Crippen LogP contribution in [0.5, 0.6) is 0 Å². The lowest BCUT2D eigenvalue weighted by molar-refractivity contribution is -0.119. The van der Waals surface area contributed by atoms with Crippen molar-refractivity contribution in [2.45, 2.75) is 20.4 Å². The van der Waals surface area contributed by atoms with Gasteiger partial charge < -0.3 is 15.2 Å². The van der Waals surface area contributed by atoms with Gasteiger partial charge in [-0.25, -0.2) is 0 Å². The van der Waals surface area contributed by atoms with Crippen LogP contribution in [0.4, 0.5) is 5.82 Å². The molecule has 5 heteroatoms. The number of amides is 1. The molecular weight excluding hydrogens is 206 g/mol. The number of carbonyl (C=O) groups is 1. The number of rotatable bonds is 3. The van der Waals surface area contributed by atoms with E-state index in [0.717, 1.165) is 11.5 Å². The maximum absolute atomic E-state index is 11.8. The summed E-state index contributed by atoms with van der Waals surface area (Å²) in [5, 5.41) is 2.63. The SMILES string of the molecule is CC(=O)NCc1c(N(C)C)[nH]c(C)cc1=O. The van der Waals surface area contributed by atoms with Crippen molar-refractivity contribution in [2.24, 2.45) is 0 Å². The van der Waals surface area contributed by atoms with Gasteiger partial charge in [-0.15, -0.1) is 0 Å². The van der Waals surface area contributed by atoms with Crippen molar-refractivity contribution in [3.63, 3.8) is 0 Å². The molecule has 0 aliphatic heterocycles. The van der Waals surface area contributed by atoms with Crippen LogP contribution < -0.4 is 15.6 Å². The van der Waals surface area contributed by atoms with Gasteiger partial charge in [-0.3, -0.25) is 9.59 Å². The average molecular weight is 223 g/mol. The number of aryl methyl sites for hydroxylation is 1. The van der Waals surface area contributed by atoms with Crippen molar-refractivity contribution in [1.82, 2.24) is 10.3 Å². The van der Waals surface area contributed by atoms with Crippen LogP contribution in [0.1, 0.15) is 18.2 Å². The minimum Gasteiger partial charge on any atom is -0.364 e. The zero-order valence-corrected chi connectivity index (χ0v) is 10.0. The Morgan fingerprint density at radius 1 is 1.50 bits per heavy atom. The van der Waals surface area contributed by atoms with Crippen molar-refractivity contribution in [3.05, 3.63) is 27.5 Å². The van der Waals surface area contributed by atoms with Crippen molar-refractivity contribution in [1.29, 1.82) is 0 Å². The maximum atomic E-state index is 11.8. The van der Waals surface area contributed by atoms with E-state index in [1.165, 1.54) is 13.0 Å². The van der Waals surface area contributed by atoms with Gasteiger partial charge in [0.15, 0.2) is 5.43 Å². The lowest BCUT2D eigenvalue weighted by atomic mass is 10.2. The molecule has 2 N–H and O–H groups in total. The molecule has 1 aromatic rings. The maximum Gasteiger partial charge on any atom is 0.217 e. The quantitative estimate of drug-likeness (QED) is 0.779. The van der Waals surface area contributed by atoms with E-state index in [2.05, 4.69) is 10.3 Å². The number of aromatic amines is 1. The molecule has 88 valence electrons. The highest BCUT2D eigenvalue weighted by Gasteiger charge is 2.10. The van der Waals surface area contributed by atoms with E-state index in [-0.39, 0.29) is 17.9 Å². The van der Waals surface area contributed by atoms with Crippen molar-refractivity contribution in [3.8, 4) is 0 Å². The fourth-order valence-corrected chi connectivity index (χ4v) is 1.46. The van der Waals surface area contributed by atoms with E-state index < -0.39 is 0 Å². The van der Waals surface area contributed by atoms with Crippen molar-refractivity contribution < 1.29 is 4.79 Å². The number of aromatic nitrogens is 1. The molecule has 0 unspecified atom stereocenters. The van der Waals surface area contributed by atoms with Crippen LogP contribution in [0.15, 0.2) is 10.9 Å². The van der Waals surface area contributed by atoms with Gasteiger partial charge in [0.1, 0.15) is 5.82 Å². The van der Waals surface area contributed by atoms with Crippen molar-refractivity contribution >= 4 is 11.7 Å². The van der Waals surface area contributed by atoms with Gasteiger partial charge >= 0.3 is 0 Å². The van der Waals surface area contributed by atoms with Crippen LogP contribution >= 0.6 is 0 Å². The summed E-state index contributed by atoms with van der Waals surface area (Å²) >= 11 is 0. The van der Waals surface area contributed by atoms with Crippen molar-refractivity contribution in [2.75, 3.05) is 19.0 Å². The summed E-state index contributed by atoms with van der Waals surface area (Å²) in [6, 6.07) is 1.53. The lowest BCUT2D eigenvalue weighted by Gasteiger charge is -2.17. The molecule has 0 aliphatic carbocycles. The van der Waals surface area contributed by atoms with E-state index in [4.69, 9.17) is 0 Å². The summed E-state index contributed by atoms with van der Waals surface area (Å²) in [6.45, 7) is 3.51. The molecule has 16 heavy (non-hydrogen) atoms. The zero-order valence-electron chi connectivity index (χ0n) is 10.0. The second-order valence-corrected chi connectivity index (χ2v) is 3.95. The lowest BCUT2D eigenvalue weighted by Crippen LogP contribution is -2.27. The third kappa shape index (κ3) is 2.85. The van der Waals surface area contributed by atoms with E-state index >= 15 is 0 Å². The Morgan fingerprint density at radius 3 is 2.62 bits per heavy atom. The number of pyridine rings is 1. The summed E-state index contributed by atoms with van der Waals surface area (Å²) < 4.78 is 0. The zero-order chi connectivity index (χ0) is 12.3. The third-order valence-electron chi connectivity index (χ3n) is 2.21. The Labute approximate surface area is 94.5 Å². The number of carbonyl (C=O) groups excluding carboxylic acids is 1. The van der Waals surface area contributed by atoms with Crippen LogP contribution in [0, 0.1) is 6.92 Å². The molecule has 1 aromatic heterocycles. The topological polar surface area (TPSA) is 65.2 Å². The number of anilines is 1. The van der Waals surface area contributed by atoms with Crippen LogP contribution in [0.3, 0.4) is 0 Å². The first-order valence-corrected chi connectivity index (χ1v) is 5.06. The largest absolute Gasteiger partial charge is 0.364 e. The molecule has 0 spiro atoms. The highest BCUT2D eigenvalue weighted by atomic mass is 16.1. The number of H-pyrrole nitrogens is 1. The van der Waals surface area contributed by atoms with Crippen LogP contribution in [-0.4, -0.2) is 25.0 Å². The molecule has 0 aliphatic rings. The molecule has 0 saturated carbocycles. The predicted molar refractivity (Wildman–Crippen MR) is 63.6 cm³/mol. The second-order valence-electron chi connectivity index (χ2n) is 3.95. The molecule has 0 fully saturated rings. The molecule has 0 aromatic carbocycles. The Morgan fingerprint density at radius 2 is 2.12 bits per heavy atom. The number of nitrogens with one attached hydrogen (secondary N) is 2. The number of hydrogen-bond acceptors (Lipinski definition) is 3. The average Bonchev–Trinajstić information content (AvgIpc) is 2.14. The van der Waals surface area contributed by atoms with Crippen LogP contribution in [-0.2, 0) is 11.3 Å². The second kappa shape index (κ2) is 4.83. The Bertz CT molecular complexity index is 449. The smallest absolute Gasteiger partial charge is 0.217 e. The van der Waals surface area contributed by atoms with Gasteiger partial charge in [0.05, 0.1) is 12.1 Å². The summed E-state index contributed by atoms with van der Waals surface area (Å²) in [5.74, 6) is 0.587. The molecule has 0 saturated heterocycles. The first kappa shape index (κ1) is 12.3. The highest BCUT2D eigenvalue weighted by molar-refractivity contribution is 5.73. The monoisotopic (exact) mass is 223 g/mol. The third-order valence-corrected chi connectivity index (χ3v) is 2.21. The van der Waals surface area contributed by atoms with E-state index in [1.54, 1.807) is 0 Å². The fourth-order valence-electron chi connectivity index (χ4n) is 1.46. The molecule has 1 rings (SSSR count). The Kier molecular flexibility index (Phi) is 3.71. The summed E-state index contributed by atoms with van der Waals surface area (Å²) in [6.07, 6.45) is 0. The fraction of sp³-hybridized carbons (Fsp3) is 0.455. The highest BCUT2D eigenvalue weighted by Crippen LogP contribution is 2.11. The van der Waals surface area contributed by atoms with E-state index in [1.807, 2.05) is 25.9 Å². The predicted octanol–water partition coefficient (Wildman–Crippen LogP) is 0.385. The summed E-state index contributed by atoms with van der Waals surface area (Å²) in [4.78, 5) is 27.6. The first-order valence-electron chi connectivity index (χ1n) is 5.06. The summed E-state index contributed by atoms with van der Waals surface area (Å²) in [7, 11) is 3.70. The molecule has 5 nitrogen and oxygen atoms in total. The van der Waals surface area contributed by atoms with Gasteiger partial charge in [0, 0.05) is 32.8 Å². The molecule has 0 radical (unpaired) electrons. The van der Waals surface area contributed by atoms with Gasteiger partial charge in [0.2, 0.25) is 5.91 Å². The van der Waals surface area contributed by atoms with Gasteiger partial charge in [-0.05, 0) is 6.92 Å². The van der Waals surface area contributed by atoms with E-state index in [0.29, 0.717) is 5.56 Å². The Balaban J connectivity index is 3.14. The minimum absolute atomic E-state index is 0.0614. The van der Waals surface area contributed by atoms with Gasteiger partial charge in [0.25, 0.3) is 0 Å². The van der Waals surface area contributed by atoms with Crippen LogP contribution in [0.25, 0.3) is 0 Å². The van der Waals surface area contributed by atoms with Crippen LogP contribution in [0.2, 0.25) is 0 Å². The Hall–Kier alpha value is -1.78. The molecule has 0 atom stereocenters.